The maximum atomic E-state index is 13.0. The van der Waals surface area contributed by atoms with E-state index in [1.807, 2.05) is 0 Å². The van der Waals surface area contributed by atoms with Gasteiger partial charge in [0.25, 0.3) is 0 Å². The van der Waals surface area contributed by atoms with Crippen LogP contribution < -0.4 is 10.5 Å². The van der Waals surface area contributed by atoms with Crippen LogP contribution in [-0.4, -0.2) is 12.4 Å². The number of nitrogens with two attached hydrogens (primary N) is 1. The second-order valence-corrected chi connectivity index (χ2v) is 2.48. The van der Waals surface area contributed by atoms with Crippen molar-refractivity contribution < 1.29 is 9.13 Å². The van der Waals surface area contributed by atoms with Gasteiger partial charge in [0.1, 0.15) is 23.9 Å². The number of nitrogens with zero attached hydrogens (tertiary/aromatic N) is 1. The zero-order valence-electron chi connectivity index (χ0n) is 6.25. The molecule has 3 nitrogen and oxygen atoms in total. The Hall–Kier alpha value is -1.58. The normalized spacial score (nSPS) is 14.6. The highest BCUT2D eigenvalue weighted by molar-refractivity contribution is 5.87. The molecule has 62 valence electrons. The Morgan fingerprint density at radius 3 is 3.17 bits per heavy atom. The molecule has 1 aliphatic rings. The van der Waals surface area contributed by atoms with Gasteiger partial charge in [-0.05, 0) is 12.1 Å². The van der Waals surface area contributed by atoms with E-state index in [9.17, 15) is 4.39 Å². The van der Waals surface area contributed by atoms with E-state index in [1.165, 1.54) is 6.07 Å². The minimum Gasteiger partial charge on any atom is -0.483 e. The zero-order valence-corrected chi connectivity index (χ0v) is 6.25. The third-order valence-corrected chi connectivity index (χ3v) is 1.58. The van der Waals surface area contributed by atoms with E-state index in [4.69, 9.17) is 10.5 Å². The Balaban J connectivity index is 2.59. The number of para-hydroxylation sites is 1. The van der Waals surface area contributed by atoms with Crippen LogP contribution in [0.3, 0.4) is 0 Å². The van der Waals surface area contributed by atoms with Gasteiger partial charge in [0, 0.05) is 0 Å². The number of rotatable bonds is 0. The van der Waals surface area contributed by atoms with Crippen LogP contribution >= 0.6 is 0 Å². The minimum absolute atomic E-state index is 0.196. The maximum Gasteiger partial charge on any atom is 0.152 e. The molecule has 0 aliphatic carbocycles. The Morgan fingerprint density at radius 1 is 1.50 bits per heavy atom. The van der Waals surface area contributed by atoms with Gasteiger partial charge < -0.3 is 10.5 Å². The molecule has 0 saturated heterocycles. The second kappa shape index (κ2) is 2.48. The molecular weight excluding hydrogens is 159 g/mol. The lowest BCUT2D eigenvalue weighted by Gasteiger charge is -2.14. The molecule has 1 heterocycles. The first-order chi connectivity index (χ1) is 5.77. The summed E-state index contributed by atoms with van der Waals surface area (Å²) >= 11 is 0. The summed E-state index contributed by atoms with van der Waals surface area (Å²) in [5.41, 5.74) is 5.57. The maximum absolute atomic E-state index is 13.0. The Kier molecular flexibility index (Phi) is 1.46. The van der Waals surface area contributed by atoms with E-state index >= 15 is 0 Å². The Labute approximate surface area is 68.7 Å². The number of aliphatic imine (C=N–C) groups is 1. The van der Waals surface area contributed by atoms with Gasteiger partial charge >= 0.3 is 0 Å². The fraction of sp³-hybridized carbons (Fsp3) is 0.125. The monoisotopic (exact) mass is 166 g/mol. The third kappa shape index (κ3) is 1.01. The van der Waals surface area contributed by atoms with Crippen molar-refractivity contribution in [3.63, 3.8) is 0 Å². The third-order valence-electron chi connectivity index (χ3n) is 1.58. The highest BCUT2D eigenvalue weighted by Crippen LogP contribution is 2.32. The highest BCUT2D eigenvalue weighted by Gasteiger charge is 2.13. The van der Waals surface area contributed by atoms with Crippen LogP contribution in [0.25, 0.3) is 0 Å². The van der Waals surface area contributed by atoms with E-state index in [2.05, 4.69) is 4.99 Å². The predicted octanol–water partition coefficient (Wildman–Crippen LogP) is 1.21. The average molecular weight is 166 g/mol. The Morgan fingerprint density at radius 2 is 2.33 bits per heavy atom. The molecule has 1 aromatic carbocycles. The van der Waals surface area contributed by atoms with Crippen molar-refractivity contribution in [2.24, 2.45) is 10.7 Å². The number of amidine groups is 1. The van der Waals surface area contributed by atoms with Crippen LogP contribution in [0.5, 0.6) is 5.75 Å². The lowest BCUT2D eigenvalue weighted by molar-refractivity contribution is 0.368. The molecule has 2 N–H and O–H groups in total. The van der Waals surface area contributed by atoms with Crippen LogP contribution in [0.1, 0.15) is 0 Å². The molecule has 0 amide bonds. The number of benzene rings is 1. The number of halogens is 1. The van der Waals surface area contributed by atoms with Crippen LogP contribution in [0, 0.1) is 5.82 Å². The number of hydrogen-bond donors (Lipinski definition) is 1. The number of ether oxygens (including phenoxy) is 1. The summed E-state index contributed by atoms with van der Waals surface area (Å²) in [6.07, 6.45) is 0. The topological polar surface area (TPSA) is 47.6 Å². The lowest BCUT2D eigenvalue weighted by atomic mass is 10.2. The van der Waals surface area contributed by atoms with Crippen molar-refractivity contribution in [2.75, 3.05) is 6.61 Å². The first-order valence-corrected chi connectivity index (χ1v) is 3.52. The van der Waals surface area contributed by atoms with Gasteiger partial charge in [-0.2, -0.15) is 0 Å². The van der Waals surface area contributed by atoms with Gasteiger partial charge in [-0.15, -0.1) is 0 Å². The first-order valence-electron chi connectivity index (χ1n) is 3.52. The largest absolute Gasteiger partial charge is 0.483 e. The van der Waals surface area contributed by atoms with E-state index in [-0.39, 0.29) is 12.3 Å². The standard InChI is InChI=1S/C8H7FN2O/c9-5-2-1-3-6-8(5)11-7(10)4-12-6/h1-3H,4H2,(H2,10,11). The first kappa shape index (κ1) is 7.09. The summed E-state index contributed by atoms with van der Waals surface area (Å²) in [5.74, 6) is 0.340. The highest BCUT2D eigenvalue weighted by atomic mass is 19.1. The van der Waals surface area contributed by atoms with E-state index in [1.54, 1.807) is 12.1 Å². The molecule has 0 aromatic heterocycles. The van der Waals surface area contributed by atoms with Crippen molar-refractivity contribution >= 4 is 11.5 Å². The van der Waals surface area contributed by atoms with Crippen LogP contribution in [0.4, 0.5) is 10.1 Å². The number of hydrogen-bond acceptors (Lipinski definition) is 3. The molecule has 4 heteroatoms. The molecular formula is C8H7FN2O. The van der Waals surface area contributed by atoms with Gasteiger partial charge in [-0.3, -0.25) is 0 Å². The van der Waals surface area contributed by atoms with E-state index < -0.39 is 5.82 Å². The Bertz CT molecular complexity index is 349. The average Bonchev–Trinajstić information content (AvgIpc) is 2.07. The fourth-order valence-electron chi connectivity index (χ4n) is 1.05. The van der Waals surface area contributed by atoms with Gasteiger partial charge in [-0.25, -0.2) is 9.38 Å². The smallest absolute Gasteiger partial charge is 0.152 e. The molecule has 0 saturated carbocycles. The van der Waals surface area contributed by atoms with Crippen LogP contribution in [-0.2, 0) is 0 Å². The molecule has 1 aliphatic heterocycles. The summed E-state index contributed by atoms with van der Waals surface area (Å²) in [5, 5.41) is 0. The van der Waals surface area contributed by atoms with Crippen molar-refractivity contribution in [2.45, 2.75) is 0 Å². The summed E-state index contributed by atoms with van der Waals surface area (Å²) in [6.45, 7) is 0.233. The van der Waals surface area contributed by atoms with Crippen molar-refractivity contribution in [3.05, 3.63) is 24.0 Å². The van der Waals surface area contributed by atoms with Crippen molar-refractivity contribution in [1.29, 1.82) is 0 Å². The molecule has 0 spiro atoms. The van der Waals surface area contributed by atoms with Gasteiger partial charge in [0.2, 0.25) is 0 Å². The minimum atomic E-state index is -0.407. The molecule has 0 radical (unpaired) electrons. The summed E-state index contributed by atoms with van der Waals surface area (Å²) in [6, 6.07) is 4.56. The fourth-order valence-corrected chi connectivity index (χ4v) is 1.05. The molecule has 1 aromatic rings. The summed E-state index contributed by atoms with van der Waals surface area (Å²) in [4.78, 5) is 3.84. The number of fused-ring (bicyclic) bond motifs is 1. The van der Waals surface area contributed by atoms with Crippen LogP contribution in [0.15, 0.2) is 23.2 Å². The van der Waals surface area contributed by atoms with E-state index in [0.29, 0.717) is 11.6 Å². The SMILES string of the molecule is NC1=Nc2c(F)cccc2OC1. The predicted molar refractivity (Wildman–Crippen MR) is 43.2 cm³/mol. The quantitative estimate of drug-likeness (QED) is 0.629. The second-order valence-electron chi connectivity index (χ2n) is 2.48. The summed E-state index contributed by atoms with van der Waals surface area (Å²) in [7, 11) is 0. The molecule has 12 heavy (non-hydrogen) atoms. The van der Waals surface area contributed by atoms with Gasteiger partial charge in [0.15, 0.2) is 5.82 Å². The van der Waals surface area contributed by atoms with Crippen molar-refractivity contribution in [3.8, 4) is 5.75 Å². The van der Waals surface area contributed by atoms with Gasteiger partial charge in [0.05, 0.1) is 0 Å². The summed E-state index contributed by atoms with van der Waals surface area (Å²) < 4.78 is 18.1. The molecule has 2 rings (SSSR count). The molecule has 0 fully saturated rings. The molecule has 0 unspecified atom stereocenters. The van der Waals surface area contributed by atoms with Crippen LogP contribution in [0.2, 0.25) is 0 Å². The lowest BCUT2D eigenvalue weighted by Crippen LogP contribution is -2.23. The zero-order chi connectivity index (χ0) is 8.55. The van der Waals surface area contributed by atoms with Crippen molar-refractivity contribution in [1.82, 2.24) is 0 Å². The molecule has 0 bridgehead atoms. The van der Waals surface area contributed by atoms with Gasteiger partial charge in [-0.1, -0.05) is 6.07 Å². The molecule has 0 atom stereocenters. The van der Waals surface area contributed by atoms with E-state index in [0.717, 1.165) is 0 Å².